The van der Waals surface area contributed by atoms with E-state index in [4.69, 9.17) is 19.2 Å². The first-order valence-electron chi connectivity index (χ1n) is 13.1. The number of imidazole rings is 1. The van der Waals surface area contributed by atoms with Gasteiger partial charge in [0.15, 0.2) is 11.5 Å². The summed E-state index contributed by atoms with van der Waals surface area (Å²) in [4.78, 5) is 27.1. The number of amides is 1. The first-order valence-corrected chi connectivity index (χ1v) is 13.1. The molecule has 0 spiro atoms. The number of carbonyl (C=O) groups is 1. The Hall–Kier alpha value is -4.86. The lowest BCUT2D eigenvalue weighted by atomic mass is 10.1. The van der Waals surface area contributed by atoms with Gasteiger partial charge in [-0.1, -0.05) is 18.2 Å². The van der Waals surface area contributed by atoms with E-state index in [1.165, 1.54) is 12.1 Å². The van der Waals surface area contributed by atoms with Gasteiger partial charge in [0.1, 0.15) is 23.0 Å². The molecule has 9 nitrogen and oxygen atoms in total. The quantitative estimate of drug-likeness (QED) is 0.239. The number of methoxy groups -OCH3 is 3. The van der Waals surface area contributed by atoms with E-state index in [2.05, 4.69) is 4.98 Å². The monoisotopic (exact) mass is 557 g/mol. The SMILES string of the molecule is COc1cc2nc(N(C)C)c(CN(CCc3ccc(F)cc3)C(=O)c3cn4ccccc4n3)cc2c(OC)c1OC. The van der Waals surface area contributed by atoms with Gasteiger partial charge in [0.2, 0.25) is 5.75 Å². The second-order valence-electron chi connectivity index (χ2n) is 9.77. The molecular formula is C31H32FN5O4. The van der Waals surface area contributed by atoms with Gasteiger partial charge < -0.3 is 28.4 Å². The van der Waals surface area contributed by atoms with Gasteiger partial charge >= 0.3 is 0 Å². The third-order valence-corrected chi connectivity index (χ3v) is 6.92. The average Bonchev–Trinajstić information content (AvgIpc) is 3.42. The molecule has 0 bridgehead atoms. The molecular weight excluding hydrogens is 525 g/mol. The second-order valence-corrected chi connectivity index (χ2v) is 9.77. The minimum Gasteiger partial charge on any atom is -0.493 e. The molecule has 0 atom stereocenters. The Labute approximate surface area is 237 Å². The van der Waals surface area contributed by atoms with Crippen molar-refractivity contribution in [3.8, 4) is 17.2 Å². The molecule has 2 aromatic carbocycles. The van der Waals surface area contributed by atoms with Crippen molar-refractivity contribution in [1.29, 1.82) is 0 Å². The van der Waals surface area contributed by atoms with Crippen molar-refractivity contribution >= 4 is 28.3 Å². The first kappa shape index (κ1) is 27.7. The van der Waals surface area contributed by atoms with Gasteiger partial charge in [-0.25, -0.2) is 14.4 Å². The molecule has 5 rings (SSSR count). The van der Waals surface area contributed by atoms with Gasteiger partial charge in [-0.05, 0) is 42.3 Å². The van der Waals surface area contributed by atoms with Gasteiger partial charge in [0, 0.05) is 56.6 Å². The van der Waals surface area contributed by atoms with E-state index < -0.39 is 0 Å². The maximum absolute atomic E-state index is 13.9. The third kappa shape index (κ3) is 5.58. The van der Waals surface area contributed by atoms with E-state index in [1.807, 2.05) is 59.9 Å². The molecule has 0 N–H and O–H groups in total. The summed E-state index contributed by atoms with van der Waals surface area (Å²) in [5.74, 6) is 1.63. The van der Waals surface area contributed by atoms with E-state index in [1.54, 1.807) is 44.6 Å². The first-order chi connectivity index (χ1) is 19.8. The van der Waals surface area contributed by atoms with Gasteiger partial charge in [-0.2, -0.15) is 0 Å². The summed E-state index contributed by atoms with van der Waals surface area (Å²) in [5, 5.41) is 0.726. The second kappa shape index (κ2) is 11.7. The van der Waals surface area contributed by atoms with Gasteiger partial charge in [0.25, 0.3) is 5.91 Å². The zero-order valence-corrected chi connectivity index (χ0v) is 23.7. The highest BCUT2D eigenvalue weighted by Gasteiger charge is 2.24. The number of halogens is 1. The number of rotatable bonds is 10. The number of hydrogen-bond donors (Lipinski definition) is 0. The van der Waals surface area contributed by atoms with Crippen LogP contribution in [0.5, 0.6) is 17.2 Å². The van der Waals surface area contributed by atoms with Gasteiger partial charge in [0.05, 0.1) is 26.8 Å². The maximum Gasteiger partial charge on any atom is 0.274 e. The topological polar surface area (TPSA) is 81.4 Å². The van der Waals surface area contributed by atoms with E-state index in [0.717, 1.165) is 16.5 Å². The van der Waals surface area contributed by atoms with Crippen LogP contribution in [0.15, 0.2) is 67.0 Å². The van der Waals surface area contributed by atoms with Crippen molar-refractivity contribution in [2.24, 2.45) is 0 Å². The van der Waals surface area contributed by atoms with Gasteiger partial charge in [-0.3, -0.25) is 4.79 Å². The minimum atomic E-state index is -0.301. The van der Waals surface area contributed by atoms with E-state index in [0.29, 0.717) is 52.9 Å². The maximum atomic E-state index is 13.9. The Kier molecular flexibility index (Phi) is 7.91. The summed E-state index contributed by atoms with van der Waals surface area (Å²) < 4.78 is 32.2. The highest BCUT2D eigenvalue weighted by Crippen LogP contribution is 2.44. The van der Waals surface area contributed by atoms with Crippen molar-refractivity contribution in [2.75, 3.05) is 46.9 Å². The smallest absolute Gasteiger partial charge is 0.274 e. The van der Waals surface area contributed by atoms with Crippen LogP contribution in [0.4, 0.5) is 10.2 Å². The number of benzene rings is 2. The van der Waals surface area contributed by atoms with Crippen LogP contribution in [0.1, 0.15) is 21.6 Å². The summed E-state index contributed by atoms with van der Waals surface area (Å²) in [6.07, 6.45) is 4.12. The molecule has 5 aromatic rings. The zero-order valence-electron chi connectivity index (χ0n) is 23.7. The number of fused-ring (bicyclic) bond motifs is 2. The van der Waals surface area contributed by atoms with Crippen molar-refractivity contribution < 1.29 is 23.4 Å². The van der Waals surface area contributed by atoms with Crippen LogP contribution in [0, 0.1) is 5.82 Å². The predicted octanol–water partition coefficient (Wildman–Crippen LogP) is 5.00. The van der Waals surface area contributed by atoms with E-state index in [-0.39, 0.29) is 18.3 Å². The molecule has 41 heavy (non-hydrogen) atoms. The van der Waals surface area contributed by atoms with Crippen LogP contribution in [-0.4, -0.2) is 67.1 Å². The number of anilines is 1. The van der Waals surface area contributed by atoms with Crippen LogP contribution < -0.4 is 19.1 Å². The number of ether oxygens (including phenoxy) is 3. The zero-order chi connectivity index (χ0) is 29.1. The van der Waals surface area contributed by atoms with E-state index >= 15 is 0 Å². The van der Waals surface area contributed by atoms with Crippen LogP contribution >= 0.6 is 0 Å². The summed E-state index contributed by atoms with van der Waals surface area (Å²) in [5.41, 5.74) is 3.41. The Morgan fingerprint density at radius 2 is 1.71 bits per heavy atom. The largest absolute Gasteiger partial charge is 0.493 e. The molecule has 3 heterocycles. The molecule has 0 saturated carbocycles. The Bertz CT molecular complexity index is 1670. The number of nitrogens with zero attached hydrogens (tertiary/aromatic N) is 5. The number of hydrogen-bond acceptors (Lipinski definition) is 7. The number of carbonyl (C=O) groups excluding carboxylic acids is 1. The minimum absolute atomic E-state index is 0.222. The molecule has 0 aliphatic rings. The van der Waals surface area contributed by atoms with Crippen LogP contribution in [-0.2, 0) is 13.0 Å². The van der Waals surface area contributed by atoms with Crippen molar-refractivity contribution in [3.63, 3.8) is 0 Å². The Morgan fingerprint density at radius 1 is 0.951 bits per heavy atom. The summed E-state index contributed by atoms with van der Waals surface area (Å²) in [6, 6.07) is 15.7. The molecule has 0 radical (unpaired) electrons. The molecule has 212 valence electrons. The average molecular weight is 558 g/mol. The lowest BCUT2D eigenvalue weighted by molar-refractivity contribution is 0.0740. The molecule has 10 heteroatoms. The summed E-state index contributed by atoms with van der Waals surface area (Å²) in [7, 11) is 8.50. The normalized spacial score (nSPS) is 11.1. The Balaban J connectivity index is 1.58. The molecule has 0 aliphatic heterocycles. The lowest BCUT2D eigenvalue weighted by Crippen LogP contribution is -2.33. The van der Waals surface area contributed by atoms with Crippen LogP contribution in [0.3, 0.4) is 0 Å². The highest BCUT2D eigenvalue weighted by atomic mass is 19.1. The Morgan fingerprint density at radius 3 is 2.37 bits per heavy atom. The number of pyridine rings is 2. The molecule has 0 saturated heterocycles. The fraction of sp³-hybridized carbons (Fsp3) is 0.258. The van der Waals surface area contributed by atoms with E-state index in [9.17, 15) is 9.18 Å². The molecule has 0 aliphatic carbocycles. The highest BCUT2D eigenvalue weighted by molar-refractivity contribution is 5.94. The summed E-state index contributed by atoms with van der Waals surface area (Å²) in [6.45, 7) is 0.633. The van der Waals surface area contributed by atoms with Crippen molar-refractivity contribution in [2.45, 2.75) is 13.0 Å². The van der Waals surface area contributed by atoms with Crippen LogP contribution in [0.2, 0.25) is 0 Å². The predicted molar refractivity (Wildman–Crippen MR) is 156 cm³/mol. The number of aromatic nitrogens is 3. The molecule has 1 amide bonds. The molecule has 0 fully saturated rings. The molecule has 0 unspecified atom stereocenters. The fourth-order valence-corrected chi connectivity index (χ4v) is 4.90. The third-order valence-electron chi connectivity index (χ3n) is 6.92. The lowest BCUT2D eigenvalue weighted by Gasteiger charge is -2.26. The summed E-state index contributed by atoms with van der Waals surface area (Å²) >= 11 is 0. The van der Waals surface area contributed by atoms with Gasteiger partial charge in [-0.15, -0.1) is 0 Å². The van der Waals surface area contributed by atoms with Crippen LogP contribution in [0.25, 0.3) is 16.6 Å². The standard InChI is InChI=1S/C31H32FN5O4/c1-35(2)30-21(16-23-24(34-30)17-26(39-3)29(41-5)28(23)40-4)18-37(15-13-20-9-11-22(32)12-10-20)31(38)25-19-36-14-7-6-8-27(36)33-25/h6-12,14,16-17,19H,13,15,18H2,1-5H3. The van der Waals surface area contributed by atoms with Crippen molar-refractivity contribution in [3.05, 3.63) is 89.6 Å². The fourth-order valence-electron chi connectivity index (χ4n) is 4.90. The van der Waals surface area contributed by atoms with Crippen molar-refractivity contribution in [1.82, 2.24) is 19.3 Å². The molecule has 3 aromatic heterocycles.